The standard InChI is InChI=1S/C22H22ClN3O3S/c1-14-11-25(12-15(2)29-14)20(27)13-30-22-24-18-9-5-3-7-16(18)21(28)26(22)19-10-6-4-8-17(19)23/h3-10,14-15H,11-13H2,1-2H3. The van der Waals surface area contributed by atoms with Gasteiger partial charge in [0.2, 0.25) is 5.91 Å². The molecule has 0 N–H and O–H groups in total. The lowest BCUT2D eigenvalue weighted by atomic mass is 10.2. The Morgan fingerprint density at radius 3 is 2.53 bits per heavy atom. The van der Waals surface area contributed by atoms with Gasteiger partial charge < -0.3 is 9.64 Å². The highest BCUT2D eigenvalue weighted by molar-refractivity contribution is 7.99. The number of hydrogen-bond acceptors (Lipinski definition) is 5. The normalized spacial score (nSPS) is 19.2. The summed E-state index contributed by atoms with van der Waals surface area (Å²) in [5.74, 6) is 0.171. The minimum absolute atomic E-state index is 0.00259. The molecule has 2 atom stereocenters. The van der Waals surface area contributed by atoms with E-state index < -0.39 is 0 Å². The molecule has 1 aliphatic heterocycles. The predicted octanol–water partition coefficient (Wildman–Crippen LogP) is 3.77. The van der Waals surface area contributed by atoms with Crippen molar-refractivity contribution in [3.8, 4) is 5.69 Å². The lowest BCUT2D eigenvalue weighted by Crippen LogP contribution is -2.48. The number of amides is 1. The Labute approximate surface area is 183 Å². The Bertz CT molecular complexity index is 1140. The van der Waals surface area contributed by atoms with Crippen molar-refractivity contribution < 1.29 is 9.53 Å². The SMILES string of the molecule is CC1CN(C(=O)CSc2nc3ccccc3c(=O)n2-c2ccccc2Cl)CC(C)O1. The van der Waals surface area contributed by atoms with E-state index in [9.17, 15) is 9.59 Å². The fraction of sp³-hybridized carbons (Fsp3) is 0.318. The van der Waals surface area contributed by atoms with E-state index in [2.05, 4.69) is 4.98 Å². The highest BCUT2D eigenvalue weighted by Crippen LogP contribution is 2.26. The number of thioether (sulfide) groups is 1. The van der Waals surface area contributed by atoms with Crippen LogP contribution in [0.2, 0.25) is 5.02 Å². The fourth-order valence-electron chi connectivity index (χ4n) is 3.65. The van der Waals surface area contributed by atoms with Crippen molar-refractivity contribution >= 4 is 40.2 Å². The topological polar surface area (TPSA) is 64.4 Å². The van der Waals surface area contributed by atoms with Gasteiger partial charge in [0.1, 0.15) is 0 Å². The molecule has 0 radical (unpaired) electrons. The van der Waals surface area contributed by atoms with Gasteiger partial charge in [-0.1, -0.05) is 47.6 Å². The summed E-state index contributed by atoms with van der Waals surface area (Å²) in [5.41, 5.74) is 0.928. The van der Waals surface area contributed by atoms with Crippen LogP contribution in [0.25, 0.3) is 16.6 Å². The van der Waals surface area contributed by atoms with Crippen LogP contribution in [0.1, 0.15) is 13.8 Å². The van der Waals surface area contributed by atoms with Crippen molar-refractivity contribution in [2.24, 2.45) is 0 Å². The minimum atomic E-state index is -0.211. The van der Waals surface area contributed by atoms with Crippen LogP contribution in [0.4, 0.5) is 0 Å². The molecule has 3 aromatic rings. The minimum Gasteiger partial charge on any atom is -0.372 e. The van der Waals surface area contributed by atoms with Crippen molar-refractivity contribution in [1.82, 2.24) is 14.5 Å². The number of ether oxygens (including phenoxy) is 1. The molecule has 156 valence electrons. The zero-order chi connectivity index (χ0) is 21.3. The van der Waals surface area contributed by atoms with Crippen molar-refractivity contribution in [2.75, 3.05) is 18.8 Å². The highest BCUT2D eigenvalue weighted by Gasteiger charge is 2.26. The Morgan fingerprint density at radius 2 is 1.80 bits per heavy atom. The van der Waals surface area contributed by atoms with Crippen molar-refractivity contribution in [2.45, 2.75) is 31.2 Å². The first kappa shape index (κ1) is 20.9. The molecule has 2 unspecified atom stereocenters. The van der Waals surface area contributed by atoms with Crippen LogP contribution in [0, 0.1) is 0 Å². The van der Waals surface area contributed by atoms with Crippen molar-refractivity contribution in [3.63, 3.8) is 0 Å². The summed E-state index contributed by atoms with van der Waals surface area (Å²) in [5, 5.41) is 1.39. The third kappa shape index (κ3) is 4.24. The number of para-hydroxylation sites is 2. The second-order valence-corrected chi connectivity index (χ2v) is 8.70. The van der Waals surface area contributed by atoms with Crippen LogP contribution in [0.5, 0.6) is 0 Å². The molecule has 1 fully saturated rings. The summed E-state index contributed by atoms with van der Waals surface area (Å²) < 4.78 is 7.20. The Morgan fingerprint density at radius 1 is 1.13 bits per heavy atom. The monoisotopic (exact) mass is 443 g/mol. The number of morpholine rings is 1. The average molecular weight is 444 g/mol. The number of aromatic nitrogens is 2. The van der Waals surface area contributed by atoms with E-state index in [0.29, 0.717) is 39.9 Å². The first-order chi connectivity index (χ1) is 14.4. The van der Waals surface area contributed by atoms with Gasteiger partial charge in [-0.05, 0) is 38.1 Å². The molecule has 1 amide bonds. The maximum atomic E-state index is 13.3. The van der Waals surface area contributed by atoms with Crippen LogP contribution in [0.3, 0.4) is 0 Å². The molecule has 0 aliphatic carbocycles. The third-order valence-corrected chi connectivity index (χ3v) is 6.18. The molecular formula is C22H22ClN3O3S. The number of benzene rings is 2. The molecule has 2 aromatic carbocycles. The number of hydrogen-bond donors (Lipinski definition) is 0. The van der Waals surface area contributed by atoms with Gasteiger partial charge in [0, 0.05) is 13.1 Å². The van der Waals surface area contributed by atoms with E-state index in [1.54, 1.807) is 30.3 Å². The molecule has 8 heteroatoms. The van der Waals surface area contributed by atoms with Crippen LogP contribution in [0.15, 0.2) is 58.5 Å². The molecular weight excluding hydrogens is 422 g/mol. The van der Waals surface area contributed by atoms with Crippen molar-refractivity contribution in [3.05, 3.63) is 63.9 Å². The lowest BCUT2D eigenvalue weighted by Gasteiger charge is -2.35. The summed E-state index contributed by atoms with van der Waals surface area (Å²) in [6, 6.07) is 14.3. The molecule has 1 saturated heterocycles. The van der Waals surface area contributed by atoms with E-state index >= 15 is 0 Å². The summed E-state index contributed by atoms with van der Waals surface area (Å²) >= 11 is 7.63. The van der Waals surface area contributed by atoms with Crippen LogP contribution in [-0.2, 0) is 9.53 Å². The smallest absolute Gasteiger partial charge is 0.266 e. The maximum Gasteiger partial charge on any atom is 0.266 e. The van der Waals surface area contributed by atoms with Gasteiger partial charge in [0.15, 0.2) is 5.16 Å². The molecule has 30 heavy (non-hydrogen) atoms. The largest absolute Gasteiger partial charge is 0.372 e. The molecule has 4 rings (SSSR count). The van der Waals surface area contributed by atoms with E-state index in [1.807, 2.05) is 36.9 Å². The first-order valence-electron chi connectivity index (χ1n) is 9.76. The number of carbonyl (C=O) groups is 1. The van der Waals surface area contributed by atoms with Gasteiger partial charge >= 0.3 is 0 Å². The average Bonchev–Trinajstić information content (AvgIpc) is 2.72. The van der Waals surface area contributed by atoms with E-state index in [0.717, 1.165) is 0 Å². The third-order valence-electron chi connectivity index (χ3n) is 4.94. The number of nitrogens with zero attached hydrogens (tertiary/aromatic N) is 3. The summed E-state index contributed by atoms with van der Waals surface area (Å²) in [7, 11) is 0. The Hall–Kier alpha value is -2.35. The van der Waals surface area contributed by atoms with Gasteiger partial charge in [-0.25, -0.2) is 4.98 Å². The predicted molar refractivity (Wildman–Crippen MR) is 120 cm³/mol. The number of carbonyl (C=O) groups excluding carboxylic acids is 1. The van der Waals surface area contributed by atoms with Gasteiger partial charge in [-0.3, -0.25) is 14.2 Å². The maximum absolute atomic E-state index is 13.3. The second-order valence-electron chi connectivity index (χ2n) is 7.35. The van der Waals surface area contributed by atoms with Crippen LogP contribution >= 0.6 is 23.4 Å². The van der Waals surface area contributed by atoms with Crippen molar-refractivity contribution in [1.29, 1.82) is 0 Å². The van der Waals surface area contributed by atoms with Gasteiger partial charge in [-0.2, -0.15) is 0 Å². The van der Waals surface area contributed by atoms with E-state index in [4.69, 9.17) is 16.3 Å². The van der Waals surface area contributed by atoms with Gasteiger partial charge in [-0.15, -0.1) is 0 Å². The quantitative estimate of drug-likeness (QED) is 0.453. The van der Waals surface area contributed by atoms with Gasteiger partial charge in [0.25, 0.3) is 5.56 Å². The zero-order valence-corrected chi connectivity index (χ0v) is 18.3. The number of halogens is 1. The van der Waals surface area contributed by atoms with Crippen LogP contribution < -0.4 is 5.56 Å². The molecule has 0 spiro atoms. The highest BCUT2D eigenvalue weighted by atomic mass is 35.5. The van der Waals surface area contributed by atoms with E-state index in [-0.39, 0.29) is 29.4 Å². The summed E-state index contributed by atoms with van der Waals surface area (Å²) in [6.07, 6.45) is 0.00518. The molecule has 0 saturated carbocycles. The number of rotatable bonds is 4. The van der Waals surface area contributed by atoms with Crippen LogP contribution in [-0.4, -0.2) is 51.4 Å². The second kappa shape index (κ2) is 8.79. The molecule has 1 aromatic heterocycles. The molecule has 1 aliphatic rings. The van der Waals surface area contributed by atoms with E-state index in [1.165, 1.54) is 16.3 Å². The summed E-state index contributed by atoms with van der Waals surface area (Å²) in [6.45, 7) is 5.05. The Balaban J connectivity index is 1.69. The molecule has 2 heterocycles. The lowest BCUT2D eigenvalue weighted by molar-refractivity contribution is -0.140. The summed E-state index contributed by atoms with van der Waals surface area (Å²) in [4.78, 5) is 32.6. The van der Waals surface area contributed by atoms with Gasteiger partial charge in [0.05, 0.1) is 39.6 Å². The fourth-order valence-corrected chi connectivity index (χ4v) is 4.78. The zero-order valence-electron chi connectivity index (χ0n) is 16.7. The molecule has 6 nitrogen and oxygen atoms in total. The number of fused-ring (bicyclic) bond motifs is 1. The molecule has 0 bridgehead atoms. The first-order valence-corrected chi connectivity index (χ1v) is 11.1. The Kier molecular flexibility index (Phi) is 6.13.